The summed E-state index contributed by atoms with van der Waals surface area (Å²) in [5, 5.41) is 4.92. The highest BCUT2D eigenvalue weighted by atomic mass is 16.7. The second-order valence-corrected chi connectivity index (χ2v) is 6.24. The van der Waals surface area contributed by atoms with Gasteiger partial charge in [0.05, 0.1) is 0 Å². The lowest BCUT2D eigenvalue weighted by molar-refractivity contribution is 0.0515. The summed E-state index contributed by atoms with van der Waals surface area (Å²) in [5.74, 6) is 0.842. The van der Waals surface area contributed by atoms with Crippen molar-refractivity contribution in [3.05, 3.63) is 78.4 Å². The van der Waals surface area contributed by atoms with Crippen molar-refractivity contribution in [2.75, 3.05) is 13.9 Å². The molecule has 0 saturated heterocycles. The molecule has 2 heteroatoms. The minimum absolute atomic E-state index is 0.235. The molecule has 0 radical (unpaired) electrons. The van der Waals surface area contributed by atoms with Gasteiger partial charge in [0.15, 0.2) is 6.79 Å². The summed E-state index contributed by atoms with van der Waals surface area (Å²) in [6, 6.07) is 25.6. The van der Waals surface area contributed by atoms with E-state index in [1.54, 1.807) is 7.11 Å². The Balaban J connectivity index is 2.10. The molecule has 2 nitrogen and oxygen atoms in total. The summed E-state index contributed by atoms with van der Waals surface area (Å²) in [6.07, 6.45) is 0. The largest absolute Gasteiger partial charge is 0.467 e. The zero-order valence-corrected chi connectivity index (χ0v) is 14.5. The van der Waals surface area contributed by atoms with E-state index < -0.39 is 0 Å². The molecule has 4 rings (SSSR count). The van der Waals surface area contributed by atoms with Crippen molar-refractivity contribution >= 4 is 21.5 Å². The molecule has 0 aliphatic heterocycles. The molecule has 0 N–H and O–H groups in total. The summed E-state index contributed by atoms with van der Waals surface area (Å²) in [7, 11) is 1.64. The molecular formula is C23H20O2. The molecule has 0 aliphatic carbocycles. The number of rotatable bonds is 4. The number of hydrogen-bond donors (Lipinski definition) is 0. The molecule has 0 spiro atoms. The van der Waals surface area contributed by atoms with Crippen molar-refractivity contribution in [1.29, 1.82) is 0 Å². The number of ether oxygens (including phenoxy) is 2. The lowest BCUT2D eigenvalue weighted by Gasteiger charge is -2.16. The first-order chi connectivity index (χ1) is 12.3. The van der Waals surface area contributed by atoms with E-state index in [0.717, 1.165) is 11.3 Å². The summed E-state index contributed by atoms with van der Waals surface area (Å²) in [5.41, 5.74) is 3.52. The number of benzene rings is 4. The van der Waals surface area contributed by atoms with Gasteiger partial charge < -0.3 is 9.47 Å². The molecule has 0 bridgehead atoms. The average Bonchev–Trinajstić information content (AvgIpc) is 2.65. The standard InChI is InChI=1S/C23H20O2/c1-16-11-12-22(25-15-24-2)21(13-16)23-19-9-5-3-7-17(19)14-18-8-4-6-10-20(18)23/h3-14H,15H2,1-2H3. The van der Waals surface area contributed by atoms with Gasteiger partial charge in [-0.05, 0) is 46.7 Å². The molecule has 4 aromatic carbocycles. The molecule has 0 heterocycles. The second kappa shape index (κ2) is 6.58. The van der Waals surface area contributed by atoms with Crippen LogP contribution in [0.25, 0.3) is 32.7 Å². The SMILES string of the molecule is COCOc1ccc(C)cc1-c1c2ccccc2cc2ccccc12. The lowest BCUT2D eigenvalue weighted by Crippen LogP contribution is -2.01. The first-order valence-corrected chi connectivity index (χ1v) is 8.41. The lowest BCUT2D eigenvalue weighted by atomic mass is 9.91. The maximum Gasteiger partial charge on any atom is 0.188 e. The van der Waals surface area contributed by atoms with Crippen LogP contribution in [0.1, 0.15) is 5.56 Å². The Morgan fingerprint density at radius 3 is 2.04 bits per heavy atom. The fourth-order valence-electron chi connectivity index (χ4n) is 3.39. The number of aryl methyl sites for hydroxylation is 1. The van der Waals surface area contributed by atoms with Gasteiger partial charge in [-0.3, -0.25) is 0 Å². The van der Waals surface area contributed by atoms with E-state index in [9.17, 15) is 0 Å². The van der Waals surface area contributed by atoms with Crippen molar-refractivity contribution in [1.82, 2.24) is 0 Å². The van der Waals surface area contributed by atoms with Crippen molar-refractivity contribution in [3.8, 4) is 16.9 Å². The number of hydrogen-bond acceptors (Lipinski definition) is 2. The Bertz CT molecular complexity index is 996. The summed E-state index contributed by atoms with van der Waals surface area (Å²) in [4.78, 5) is 0. The molecule has 0 amide bonds. The molecule has 0 aliphatic rings. The Morgan fingerprint density at radius 1 is 0.760 bits per heavy atom. The molecule has 0 fully saturated rings. The minimum atomic E-state index is 0.235. The van der Waals surface area contributed by atoms with Crippen LogP contribution in [0.4, 0.5) is 0 Å². The van der Waals surface area contributed by atoms with Gasteiger partial charge in [-0.25, -0.2) is 0 Å². The molecule has 0 atom stereocenters. The fourth-order valence-corrected chi connectivity index (χ4v) is 3.39. The van der Waals surface area contributed by atoms with Crippen LogP contribution in [0.3, 0.4) is 0 Å². The van der Waals surface area contributed by atoms with E-state index >= 15 is 0 Å². The first-order valence-electron chi connectivity index (χ1n) is 8.41. The van der Waals surface area contributed by atoms with Gasteiger partial charge in [0.25, 0.3) is 0 Å². The molecule has 4 aromatic rings. The van der Waals surface area contributed by atoms with Gasteiger partial charge >= 0.3 is 0 Å². The van der Waals surface area contributed by atoms with Crippen molar-refractivity contribution in [2.45, 2.75) is 6.92 Å². The predicted molar refractivity (Wildman–Crippen MR) is 104 cm³/mol. The van der Waals surface area contributed by atoms with Crippen LogP contribution >= 0.6 is 0 Å². The molecule has 25 heavy (non-hydrogen) atoms. The number of fused-ring (bicyclic) bond motifs is 2. The van der Waals surface area contributed by atoms with Gasteiger partial charge in [-0.2, -0.15) is 0 Å². The molecule has 0 aromatic heterocycles. The smallest absolute Gasteiger partial charge is 0.188 e. The van der Waals surface area contributed by atoms with Crippen LogP contribution in [-0.2, 0) is 4.74 Å². The Morgan fingerprint density at radius 2 is 1.40 bits per heavy atom. The molecular weight excluding hydrogens is 308 g/mol. The molecule has 0 unspecified atom stereocenters. The zero-order chi connectivity index (χ0) is 17.2. The van der Waals surface area contributed by atoms with Crippen LogP contribution < -0.4 is 4.74 Å². The van der Waals surface area contributed by atoms with E-state index in [1.807, 2.05) is 6.07 Å². The third kappa shape index (κ3) is 2.86. The van der Waals surface area contributed by atoms with Crippen molar-refractivity contribution in [2.24, 2.45) is 0 Å². The summed E-state index contributed by atoms with van der Waals surface area (Å²) in [6.45, 7) is 2.34. The predicted octanol–water partition coefficient (Wildman–Crippen LogP) is 5.95. The Labute approximate surface area is 147 Å². The third-order valence-corrected chi connectivity index (χ3v) is 4.51. The second-order valence-electron chi connectivity index (χ2n) is 6.24. The van der Waals surface area contributed by atoms with Crippen LogP contribution in [0.15, 0.2) is 72.8 Å². The van der Waals surface area contributed by atoms with Crippen molar-refractivity contribution < 1.29 is 9.47 Å². The minimum Gasteiger partial charge on any atom is -0.467 e. The van der Waals surface area contributed by atoms with Gasteiger partial charge in [-0.15, -0.1) is 0 Å². The van der Waals surface area contributed by atoms with Gasteiger partial charge in [0.1, 0.15) is 5.75 Å². The first kappa shape index (κ1) is 15.7. The maximum atomic E-state index is 5.87. The highest BCUT2D eigenvalue weighted by molar-refractivity contribution is 6.13. The van der Waals surface area contributed by atoms with Gasteiger partial charge in [0, 0.05) is 18.2 Å². The van der Waals surface area contributed by atoms with Gasteiger partial charge in [-0.1, -0.05) is 60.2 Å². The van der Waals surface area contributed by atoms with Crippen LogP contribution in [-0.4, -0.2) is 13.9 Å². The van der Waals surface area contributed by atoms with E-state index in [4.69, 9.17) is 9.47 Å². The molecule has 124 valence electrons. The highest BCUT2D eigenvalue weighted by Gasteiger charge is 2.14. The van der Waals surface area contributed by atoms with E-state index in [-0.39, 0.29) is 6.79 Å². The summed E-state index contributed by atoms with van der Waals surface area (Å²) >= 11 is 0. The van der Waals surface area contributed by atoms with Gasteiger partial charge in [0.2, 0.25) is 0 Å². The maximum absolute atomic E-state index is 5.87. The van der Waals surface area contributed by atoms with E-state index in [0.29, 0.717) is 0 Å². The zero-order valence-electron chi connectivity index (χ0n) is 14.5. The van der Waals surface area contributed by atoms with Crippen LogP contribution in [0.5, 0.6) is 5.75 Å². The summed E-state index contributed by atoms with van der Waals surface area (Å²) < 4.78 is 11.0. The molecule has 0 saturated carbocycles. The Kier molecular flexibility index (Phi) is 4.12. The monoisotopic (exact) mass is 328 g/mol. The Hall–Kier alpha value is -2.84. The van der Waals surface area contributed by atoms with E-state index in [2.05, 4.69) is 73.7 Å². The normalized spacial score (nSPS) is 11.1. The number of methoxy groups -OCH3 is 1. The quantitative estimate of drug-likeness (QED) is 0.340. The highest BCUT2D eigenvalue weighted by Crippen LogP contribution is 2.41. The fraction of sp³-hybridized carbons (Fsp3) is 0.130. The third-order valence-electron chi connectivity index (χ3n) is 4.51. The average molecular weight is 328 g/mol. The van der Waals surface area contributed by atoms with Crippen LogP contribution in [0.2, 0.25) is 0 Å². The van der Waals surface area contributed by atoms with Crippen LogP contribution in [0, 0.1) is 6.92 Å². The van der Waals surface area contributed by atoms with E-state index in [1.165, 1.54) is 32.7 Å². The topological polar surface area (TPSA) is 18.5 Å². The van der Waals surface area contributed by atoms with Crippen molar-refractivity contribution in [3.63, 3.8) is 0 Å².